The van der Waals surface area contributed by atoms with Gasteiger partial charge < -0.3 is 5.32 Å². The fourth-order valence-electron chi connectivity index (χ4n) is 6.44. The Balaban J connectivity index is 1.34. The highest BCUT2D eigenvalue weighted by Gasteiger charge is 2.52. The van der Waals surface area contributed by atoms with Gasteiger partial charge in [-0.1, -0.05) is 54.8 Å². The quantitative estimate of drug-likeness (QED) is 0.744. The average Bonchev–Trinajstić information content (AvgIpc) is 3.11. The van der Waals surface area contributed by atoms with Crippen molar-refractivity contribution in [2.75, 3.05) is 19.6 Å². The number of aryl methyl sites for hydroxylation is 1. The summed E-state index contributed by atoms with van der Waals surface area (Å²) in [5.41, 5.74) is 3.53. The van der Waals surface area contributed by atoms with Gasteiger partial charge in [-0.2, -0.15) is 0 Å². The number of hydrogen-bond donors (Lipinski definition) is 1. The number of rotatable bonds is 3. The molecule has 0 radical (unpaired) electrons. The standard InChI is InChI=1S/C27H33FN2O/c1-19-6-8-20(9-7-19)23-4-2-3-5-25(23)30-16-14-27(15-17-30)24(18-29-26(27)31)21-10-12-22(28)13-11-21/h6-13,23-25H,2-5,14-18H2,1H3,(H,29,31)/t23-,24?,25-/m1/s1. The maximum atomic E-state index is 13.5. The van der Waals surface area contributed by atoms with E-state index in [1.165, 1.54) is 48.9 Å². The largest absolute Gasteiger partial charge is 0.355 e. The summed E-state index contributed by atoms with van der Waals surface area (Å²) in [5.74, 6) is 0.709. The van der Waals surface area contributed by atoms with Crippen molar-refractivity contribution in [2.24, 2.45) is 5.41 Å². The molecule has 2 aromatic carbocycles. The van der Waals surface area contributed by atoms with Crippen LogP contribution in [0, 0.1) is 18.2 Å². The number of nitrogens with one attached hydrogen (secondary N) is 1. The molecule has 164 valence electrons. The van der Waals surface area contributed by atoms with Gasteiger partial charge in [-0.25, -0.2) is 4.39 Å². The Labute approximate surface area is 185 Å². The summed E-state index contributed by atoms with van der Waals surface area (Å²) in [6.45, 7) is 4.76. The predicted molar refractivity (Wildman–Crippen MR) is 122 cm³/mol. The van der Waals surface area contributed by atoms with Crippen molar-refractivity contribution in [3.63, 3.8) is 0 Å². The maximum absolute atomic E-state index is 13.5. The molecule has 2 aliphatic heterocycles. The molecule has 31 heavy (non-hydrogen) atoms. The molecule has 0 bridgehead atoms. The topological polar surface area (TPSA) is 32.3 Å². The molecule has 2 heterocycles. The van der Waals surface area contributed by atoms with Gasteiger partial charge in [0.05, 0.1) is 5.41 Å². The molecule has 1 saturated carbocycles. The minimum absolute atomic E-state index is 0.141. The molecule has 3 atom stereocenters. The molecule has 1 N–H and O–H groups in total. The smallest absolute Gasteiger partial charge is 0.227 e. The number of piperidine rings is 1. The third-order valence-electron chi connectivity index (χ3n) is 8.25. The predicted octanol–water partition coefficient (Wildman–Crippen LogP) is 5.16. The molecule has 2 saturated heterocycles. The van der Waals surface area contributed by atoms with E-state index in [-0.39, 0.29) is 23.1 Å². The van der Waals surface area contributed by atoms with Crippen LogP contribution in [0.4, 0.5) is 4.39 Å². The molecule has 3 fully saturated rings. The summed E-state index contributed by atoms with van der Waals surface area (Å²) in [6, 6.07) is 16.5. The number of halogens is 1. The van der Waals surface area contributed by atoms with Crippen LogP contribution in [0.25, 0.3) is 0 Å². The summed E-state index contributed by atoms with van der Waals surface area (Å²) < 4.78 is 13.5. The third kappa shape index (κ3) is 3.80. The van der Waals surface area contributed by atoms with Crippen molar-refractivity contribution in [3.8, 4) is 0 Å². The van der Waals surface area contributed by atoms with E-state index in [1.54, 1.807) is 0 Å². The van der Waals surface area contributed by atoms with Gasteiger partial charge in [-0.05, 0) is 74.9 Å². The van der Waals surface area contributed by atoms with Crippen LogP contribution in [0.1, 0.15) is 67.1 Å². The lowest BCUT2D eigenvalue weighted by atomic mass is 9.67. The van der Waals surface area contributed by atoms with Crippen molar-refractivity contribution in [3.05, 3.63) is 71.0 Å². The molecule has 1 aliphatic carbocycles. The van der Waals surface area contributed by atoms with E-state index in [2.05, 4.69) is 41.4 Å². The first-order chi connectivity index (χ1) is 15.1. The Hall–Kier alpha value is -2.20. The van der Waals surface area contributed by atoms with Crippen molar-refractivity contribution in [1.29, 1.82) is 0 Å². The Bertz CT molecular complexity index is 915. The van der Waals surface area contributed by atoms with Crippen molar-refractivity contribution < 1.29 is 9.18 Å². The molecule has 3 aliphatic rings. The minimum atomic E-state index is -0.345. The van der Waals surface area contributed by atoms with Crippen molar-refractivity contribution in [1.82, 2.24) is 10.2 Å². The van der Waals surface area contributed by atoms with Crippen LogP contribution >= 0.6 is 0 Å². The highest BCUT2D eigenvalue weighted by molar-refractivity contribution is 5.86. The molecular weight excluding hydrogens is 387 g/mol. The fourth-order valence-corrected chi connectivity index (χ4v) is 6.44. The number of likely N-dealkylation sites (tertiary alicyclic amines) is 1. The Kier molecular flexibility index (Phi) is 5.60. The zero-order valence-corrected chi connectivity index (χ0v) is 18.4. The summed E-state index contributed by atoms with van der Waals surface area (Å²) >= 11 is 0. The minimum Gasteiger partial charge on any atom is -0.355 e. The van der Waals surface area contributed by atoms with E-state index in [0.717, 1.165) is 31.5 Å². The lowest BCUT2D eigenvalue weighted by Gasteiger charge is -2.47. The Morgan fingerprint density at radius 3 is 2.29 bits per heavy atom. The highest BCUT2D eigenvalue weighted by Crippen LogP contribution is 2.49. The van der Waals surface area contributed by atoms with Crippen LogP contribution in [0.5, 0.6) is 0 Å². The molecule has 1 spiro atoms. The second-order valence-electron chi connectivity index (χ2n) is 9.88. The summed E-state index contributed by atoms with van der Waals surface area (Å²) in [7, 11) is 0. The van der Waals surface area contributed by atoms with Gasteiger partial charge in [-0.3, -0.25) is 9.69 Å². The van der Waals surface area contributed by atoms with Gasteiger partial charge in [0.25, 0.3) is 0 Å². The first-order valence-corrected chi connectivity index (χ1v) is 11.9. The van der Waals surface area contributed by atoms with Crippen LogP contribution in [0.2, 0.25) is 0 Å². The summed E-state index contributed by atoms with van der Waals surface area (Å²) in [4.78, 5) is 15.7. The molecule has 2 aromatic rings. The molecule has 3 nitrogen and oxygen atoms in total. The molecule has 5 rings (SSSR count). The Morgan fingerprint density at radius 2 is 1.58 bits per heavy atom. The first-order valence-electron chi connectivity index (χ1n) is 11.9. The van der Waals surface area contributed by atoms with Crippen molar-refractivity contribution >= 4 is 5.91 Å². The van der Waals surface area contributed by atoms with E-state index < -0.39 is 0 Å². The Morgan fingerprint density at radius 1 is 0.935 bits per heavy atom. The van der Waals surface area contributed by atoms with E-state index in [1.807, 2.05) is 12.1 Å². The average molecular weight is 421 g/mol. The van der Waals surface area contributed by atoms with Crippen LogP contribution in [-0.4, -0.2) is 36.5 Å². The van der Waals surface area contributed by atoms with Gasteiger partial charge in [-0.15, -0.1) is 0 Å². The number of carbonyl (C=O) groups is 1. The summed E-state index contributed by atoms with van der Waals surface area (Å²) in [5, 5.41) is 3.13. The van der Waals surface area contributed by atoms with Gasteiger partial charge in [0.1, 0.15) is 5.82 Å². The second kappa shape index (κ2) is 8.38. The van der Waals surface area contributed by atoms with E-state index in [9.17, 15) is 9.18 Å². The number of amides is 1. The van der Waals surface area contributed by atoms with Crippen LogP contribution < -0.4 is 5.32 Å². The van der Waals surface area contributed by atoms with E-state index in [4.69, 9.17) is 0 Å². The second-order valence-corrected chi connectivity index (χ2v) is 9.88. The molecule has 1 unspecified atom stereocenters. The normalized spacial score (nSPS) is 28.6. The highest BCUT2D eigenvalue weighted by atomic mass is 19.1. The van der Waals surface area contributed by atoms with Crippen molar-refractivity contribution in [2.45, 2.75) is 63.3 Å². The number of benzene rings is 2. The van der Waals surface area contributed by atoms with Crippen LogP contribution in [0.3, 0.4) is 0 Å². The number of carbonyl (C=O) groups excluding carboxylic acids is 1. The number of hydrogen-bond acceptors (Lipinski definition) is 2. The molecule has 0 aromatic heterocycles. The van der Waals surface area contributed by atoms with E-state index >= 15 is 0 Å². The fraction of sp³-hybridized carbons (Fsp3) is 0.519. The van der Waals surface area contributed by atoms with Gasteiger partial charge in [0.15, 0.2) is 0 Å². The van der Waals surface area contributed by atoms with Gasteiger partial charge >= 0.3 is 0 Å². The zero-order valence-electron chi connectivity index (χ0n) is 18.4. The zero-order chi connectivity index (χ0) is 21.4. The van der Waals surface area contributed by atoms with Crippen LogP contribution in [-0.2, 0) is 4.79 Å². The molecular formula is C27H33FN2O. The molecule has 1 amide bonds. The SMILES string of the molecule is Cc1ccc([C@H]2CCCC[C@H]2N2CCC3(CC2)C(=O)NCC3c2ccc(F)cc2)cc1. The summed E-state index contributed by atoms with van der Waals surface area (Å²) in [6.07, 6.45) is 6.89. The third-order valence-corrected chi connectivity index (χ3v) is 8.25. The lowest BCUT2D eigenvalue weighted by Crippen LogP contribution is -2.51. The van der Waals surface area contributed by atoms with Gasteiger partial charge in [0, 0.05) is 18.5 Å². The van der Waals surface area contributed by atoms with Gasteiger partial charge in [0.2, 0.25) is 5.91 Å². The van der Waals surface area contributed by atoms with Crippen LogP contribution in [0.15, 0.2) is 48.5 Å². The van der Waals surface area contributed by atoms with E-state index in [0.29, 0.717) is 18.5 Å². The monoisotopic (exact) mass is 420 g/mol. The first kappa shape index (κ1) is 20.7. The molecule has 4 heteroatoms. The lowest BCUT2D eigenvalue weighted by molar-refractivity contribution is -0.131. The number of nitrogens with zero attached hydrogens (tertiary/aromatic N) is 1. The maximum Gasteiger partial charge on any atom is 0.227 e.